The highest BCUT2D eigenvalue weighted by Gasteiger charge is 2.27. The first-order valence-electron chi connectivity index (χ1n) is 8.76. The van der Waals surface area contributed by atoms with Gasteiger partial charge in [0.1, 0.15) is 0 Å². The maximum absolute atomic E-state index is 11.9. The highest BCUT2D eigenvalue weighted by molar-refractivity contribution is 14.0. The molecule has 2 N–H and O–H groups in total. The van der Waals surface area contributed by atoms with Crippen LogP contribution in [-0.4, -0.2) is 55.8 Å². The fourth-order valence-corrected chi connectivity index (χ4v) is 3.84. The number of halogens is 1. The third-order valence-corrected chi connectivity index (χ3v) is 6.26. The van der Waals surface area contributed by atoms with Gasteiger partial charge in [0.2, 0.25) is 10.0 Å². The first kappa shape index (κ1) is 23.2. The van der Waals surface area contributed by atoms with Crippen molar-refractivity contribution < 1.29 is 12.9 Å². The van der Waals surface area contributed by atoms with Crippen LogP contribution in [0.4, 0.5) is 0 Å². The molecule has 150 valence electrons. The van der Waals surface area contributed by atoms with Crippen molar-refractivity contribution in [2.24, 2.45) is 4.99 Å². The number of nitrogens with one attached hydrogen (secondary N) is 2. The molecule has 2 heterocycles. The lowest BCUT2D eigenvalue weighted by Crippen LogP contribution is -2.49. The van der Waals surface area contributed by atoms with Crippen molar-refractivity contribution in [1.82, 2.24) is 20.1 Å². The molecule has 10 heteroatoms. The SMILES string of the molecule is CCS(=O)(=O)N1CCC(NC(=NC)NCc2cc(C(C)C)no2)CC1.I. The normalized spacial score (nSPS) is 17.2. The van der Waals surface area contributed by atoms with E-state index in [-0.39, 0.29) is 35.8 Å². The molecule has 0 spiro atoms. The van der Waals surface area contributed by atoms with Gasteiger partial charge in [-0.1, -0.05) is 19.0 Å². The van der Waals surface area contributed by atoms with Crippen LogP contribution in [0.1, 0.15) is 51.0 Å². The average Bonchev–Trinajstić information content (AvgIpc) is 3.08. The molecule has 0 unspecified atom stereocenters. The second-order valence-corrected chi connectivity index (χ2v) is 8.77. The largest absolute Gasteiger partial charge is 0.359 e. The predicted molar refractivity (Wildman–Crippen MR) is 113 cm³/mol. The van der Waals surface area contributed by atoms with Crippen LogP contribution in [0.3, 0.4) is 0 Å². The summed E-state index contributed by atoms with van der Waals surface area (Å²) in [4.78, 5) is 4.22. The van der Waals surface area contributed by atoms with E-state index in [2.05, 4.69) is 34.6 Å². The zero-order valence-electron chi connectivity index (χ0n) is 15.9. The number of guanidine groups is 1. The van der Waals surface area contributed by atoms with Crippen LogP contribution in [0.25, 0.3) is 0 Å². The molecule has 0 aliphatic carbocycles. The van der Waals surface area contributed by atoms with Gasteiger partial charge in [0.25, 0.3) is 0 Å². The van der Waals surface area contributed by atoms with Crippen molar-refractivity contribution in [3.63, 3.8) is 0 Å². The van der Waals surface area contributed by atoms with E-state index in [0.717, 1.165) is 24.3 Å². The van der Waals surface area contributed by atoms with E-state index < -0.39 is 10.0 Å². The fourth-order valence-electron chi connectivity index (χ4n) is 2.70. The molecular formula is C16H30IN5O3S. The van der Waals surface area contributed by atoms with Gasteiger partial charge in [0, 0.05) is 32.2 Å². The van der Waals surface area contributed by atoms with Crippen LogP contribution in [0.15, 0.2) is 15.6 Å². The van der Waals surface area contributed by atoms with E-state index in [0.29, 0.717) is 31.5 Å². The van der Waals surface area contributed by atoms with Gasteiger partial charge in [-0.15, -0.1) is 24.0 Å². The third kappa shape index (κ3) is 6.38. The van der Waals surface area contributed by atoms with Crippen LogP contribution in [-0.2, 0) is 16.6 Å². The van der Waals surface area contributed by atoms with Crippen molar-refractivity contribution in [1.29, 1.82) is 0 Å². The number of sulfonamides is 1. The highest BCUT2D eigenvalue weighted by atomic mass is 127. The summed E-state index contributed by atoms with van der Waals surface area (Å²) in [5.74, 6) is 1.93. The Bertz CT molecular complexity index is 682. The number of rotatable bonds is 6. The quantitative estimate of drug-likeness (QED) is 0.353. The summed E-state index contributed by atoms with van der Waals surface area (Å²) in [5, 5.41) is 10.6. The first-order valence-corrected chi connectivity index (χ1v) is 10.4. The molecule has 0 aromatic carbocycles. The van der Waals surface area contributed by atoms with Gasteiger partial charge in [-0.25, -0.2) is 12.7 Å². The average molecular weight is 499 g/mol. The number of aliphatic imine (C=N–C) groups is 1. The van der Waals surface area contributed by atoms with E-state index in [9.17, 15) is 8.42 Å². The van der Waals surface area contributed by atoms with Crippen LogP contribution >= 0.6 is 24.0 Å². The Hall–Kier alpha value is -0.880. The molecule has 1 aromatic rings. The van der Waals surface area contributed by atoms with Gasteiger partial charge in [-0.05, 0) is 25.7 Å². The van der Waals surface area contributed by atoms with Crippen LogP contribution in [0, 0.1) is 0 Å². The minimum absolute atomic E-state index is 0. The minimum atomic E-state index is -3.09. The molecule has 8 nitrogen and oxygen atoms in total. The molecular weight excluding hydrogens is 469 g/mol. The van der Waals surface area contributed by atoms with Crippen LogP contribution < -0.4 is 10.6 Å². The first-order chi connectivity index (χ1) is 11.9. The number of hydrogen-bond acceptors (Lipinski definition) is 5. The summed E-state index contributed by atoms with van der Waals surface area (Å²) >= 11 is 0. The van der Waals surface area contributed by atoms with Gasteiger partial charge < -0.3 is 15.2 Å². The van der Waals surface area contributed by atoms with Crippen molar-refractivity contribution >= 4 is 40.0 Å². The summed E-state index contributed by atoms with van der Waals surface area (Å²) in [6.07, 6.45) is 1.53. The van der Waals surface area contributed by atoms with E-state index >= 15 is 0 Å². The lowest BCUT2D eigenvalue weighted by atomic mass is 10.1. The number of piperidine rings is 1. The zero-order chi connectivity index (χ0) is 18.4. The highest BCUT2D eigenvalue weighted by Crippen LogP contribution is 2.15. The van der Waals surface area contributed by atoms with E-state index in [4.69, 9.17) is 4.52 Å². The summed E-state index contributed by atoms with van der Waals surface area (Å²) in [5.41, 5.74) is 0.934. The van der Waals surface area contributed by atoms with E-state index in [1.165, 1.54) is 0 Å². The lowest BCUT2D eigenvalue weighted by molar-refractivity contribution is 0.306. The van der Waals surface area contributed by atoms with Crippen molar-refractivity contribution in [2.45, 2.75) is 52.1 Å². The van der Waals surface area contributed by atoms with Crippen molar-refractivity contribution in [3.05, 3.63) is 17.5 Å². The van der Waals surface area contributed by atoms with Crippen molar-refractivity contribution in [2.75, 3.05) is 25.9 Å². The maximum atomic E-state index is 11.9. The third-order valence-electron chi connectivity index (χ3n) is 4.38. The van der Waals surface area contributed by atoms with Crippen LogP contribution in [0.5, 0.6) is 0 Å². The second-order valence-electron chi connectivity index (χ2n) is 6.52. The second kappa shape index (κ2) is 10.5. The molecule has 26 heavy (non-hydrogen) atoms. The van der Waals surface area contributed by atoms with E-state index in [1.807, 2.05) is 6.07 Å². The van der Waals surface area contributed by atoms with Crippen molar-refractivity contribution in [3.8, 4) is 0 Å². The topological polar surface area (TPSA) is 99.8 Å². The van der Waals surface area contributed by atoms with E-state index in [1.54, 1.807) is 18.3 Å². The molecule has 0 saturated carbocycles. The molecule has 1 saturated heterocycles. The number of nitrogens with zero attached hydrogens (tertiary/aromatic N) is 3. The maximum Gasteiger partial charge on any atom is 0.213 e. The minimum Gasteiger partial charge on any atom is -0.359 e. The molecule has 1 aliphatic heterocycles. The molecule has 0 atom stereocenters. The van der Waals surface area contributed by atoms with Crippen LogP contribution in [0.2, 0.25) is 0 Å². The molecule has 0 bridgehead atoms. The summed E-state index contributed by atoms with van der Waals surface area (Å²) < 4.78 is 30.7. The Labute approximate surface area is 173 Å². The Balaban J connectivity index is 0.00000338. The molecule has 1 aromatic heterocycles. The Kier molecular flexibility index (Phi) is 9.31. The molecule has 0 amide bonds. The number of hydrogen-bond donors (Lipinski definition) is 2. The lowest BCUT2D eigenvalue weighted by Gasteiger charge is -2.32. The standard InChI is InChI=1S/C16H29N5O3S.HI/c1-5-25(22,23)21-8-6-13(7-9-21)19-16(17-4)18-11-14-10-15(12(2)3)20-24-14;/h10,12-13H,5-9,11H2,1-4H3,(H2,17,18,19);1H. The van der Waals surface area contributed by atoms with Gasteiger partial charge in [-0.3, -0.25) is 4.99 Å². The Morgan fingerprint density at radius 2 is 2.08 bits per heavy atom. The Morgan fingerprint density at radius 3 is 2.58 bits per heavy atom. The van der Waals surface area contributed by atoms with Gasteiger partial charge in [-0.2, -0.15) is 0 Å². The number of aromatic nitrogens is 1. The zero-order valence-corrected chi connectivity index (χ0v) is 19.0. The summed E-state index contributed by atoms with van der Waals surface area (Å²) in [6.45, 7) is 7.42. The Morgan fingerprint density at radius 1 is 1.42 bits per heavy atom. The molecule has 0 radical (unpaired) electrons. The summed E-state index contributed by atoms with van der Waals surface area (Å²) in [6, 6.07) is 2.15. The molecule has 2 rings (SSSR count). The molecule has 1 fully saturated rings. The predicted octanol–water partition coefficient (Wildman–Crippen LogP) is 1.90. The monoisotopic (exact) mass is 499 g/mol. The van der Waals surface area contributed by atoms with Gasteiger partial charge in [0.15, 0.2) is 11.7 Å². The summed E-state index contributed by atoms with van der Waals surface area (Å²) in [7, 11) is -1.38. The van der Waals surface area contributed by atoms with Gasteiger partial charge >= 0.3 is 0 Å². The van der Waals surface area contributed by atoms with Gasteiger partial charge in [0.05, 0.1) is 18.0 Å². The molecule has 1 aliphatic rings. The fraction of sp³-hybridized carbons (Fsp3) is 0.750. The smallest absolute Gasteiger partial charge is 0.213 e.